The largest absolute Gasteiger partial charge is 0.490 e. The third kappa shape index (κ3) is 7.64. The predicted molar refractivity (Wildman–Crippen MR) is 105 cm³/mol. The molecule has 0 spiro atoms. The third-order valence-electron chi connectivity index (χ3n) is 3.55. The molecule has 2 rings (SSSR count). The van der Waals surface area contributed by atoms with Crippen molar-refractivity contribution in [3.63, 3.8) is 0 Å². The van der Waals surface area contributed by atoms with Gasteiger partial charge in [-0.3, -0.25) is 4.79 Å². The van der Waals surface area contributed by atoms with E-state index in [0.29, 0.717) is 5.75 Å². The summed E-state index contributed by atoms with van der Waals surface area (Å²) in [6, 6.07) is 15.5. The van der Waals surface area contributed by atoms with Crippen LogP contribution in [0.1, 0.15) is 18.1 Å². The first kappa shape index (κ1) is 20.7. The molecule has 6 nitrogen and oxygen atoms in total. The first-order valence-corrected chi connectivity index (χ1v) is 10.0. The second kappa shape index (κ2) is 9.89. The lowest BCUT2D eigenvalue weighted by Gasteiger charge is -2.12. The molecule has 1 atom stereocenters. The zero-order valence-electron chi connectivity index (χ0n) is 15.3. The fourth-order valence-corrected chi connectivity index (χ4v) is 3.13. The van der Waals surface area contributed by atoms with Crippen LogP contribution in [0.2, 0.25) is 0 Å². The fourth-order valence-electron chi connectivity index (χ4n) is 2.13. The summed E-state index contributed by atoms with van der Waals surface area (Å²) >= 11 is 0. The van der Waals surface area contributed by atoms with Gasteiger partial charge in [0.15, 0.2) is 0 Å². The van der Waals surface area contributed by atoms with Crippen LogP contribution >= 0.6 is 0 Å². The van der Waals surface area contributed by atoms with E-state index in [1.807, 2.05) is 37.3 Å². The van der Waals surface area contributed by atoms with Crippen LogP contribution in [0.25, 0.3) is 6.08 Å². The highest BCUT2D eigenvalue weighted by molar-refractivity contribution is 7.92. The van der Waals surface area contributed by atoms with E-state index in [0.717, 1.165) is 16.5 Å². The normalized spacial score (nSPS) is 12.7. The Bertz CT molecular complexity index is 861. The minimum atomic E-state index is -3.76. The number of carbonyl (C=O) groups excluding carboxylic acids is 1. The Morgan fingerprint density at radius 1 is 1.07 bits per heavy atom. The summed E-state index contributed by atoms with van der Waals surface area (Å²) < 4.78 is 36.8. The van der Waals surface area contributed by atoms with Crippen molar-refractivity contribution in [2.24, 2.45) is 0 Å². The van der Waals surface area contributed by atoms with Crippen LogP contribution in [0.15, 0.2) is 60.0 Å². The van der Waals surface area contributed by atoms with E-state index >= 15 is 0 Å². The van der Waals surface area contributed by atoms with Gasteiger partial charge in [0.2, 0.25) is 10.0 Å². The molecule has 144 valence electrons. The number of sulfonamides is 1. The quantitative estimate of drug-likeness (QED) is 0.527. The van der Waals surface area contributed by atoms with Gasteiger partial charge in [0.05, 0.1) is 0 Å². The van der Waals surface area contributed by atoms with Crippen molar-refractivity contribution in [2.75, 3.05) is 13.2 Å². The second-order valence-corrected chi connectivity index (χ2v) is 7.52. The van der Waals surface area contributed by atoms with Gasteiger partial charge in [-0.25, -0.2) is 8.42 Å². The molecule has 0 saturated carbocycles. The second-order valence-electron chi connectivity index (χ2n) is 5.93. The Hall–Kier alpha value is -2.64. The molecular weight excluding hydrogens is 366 g/mol. The summed E-state index contributed by atoms with van der Waals surface area (Å²) in [6.07, 6.45) is 1.45. The van der Waals surface area contributed by atoms with Gasteiger partial charge in [-0.05, 0) is 37.6 Å². The number of hydrogen-bond acceptors (Lipinski definition) is 5. The van der Waals surface area contributed by atoms with Crippen molar-refractivity contribution < 1.29 is 22.7 Å². The van der Waals surface area contributed by atoms with Crippen molar-refractivity contribution in [1.82, 2.24) is 4.72 Å². The Morgan fingerprint density at radius 2 is 1.74 bits per heavy atom. The van der Waals surface area contributed by atoms with Crippen molar-refractivity contribution in [3.8, 4) is 5.75 Å². The SMILES string of the molecule is Cc1ccc(OCCOC(=O)[C@H](C)NS(=O)(=O)/C=C/c2ccccc2)cc1. The molecule has 0 saturated heterocycles. The minimum Gasteiger partial charge on any atom is -0.490 e. The van der Waals surface area contributed by atoms with Gasteiger partial charge in [-0.1, -0.05) is 48.0 Å². The summed E-state index contributed by atoms with van der Waals surface area (Å²) in [5.41, 5.74) is 1.86. The minimum absolute atomic E-state index is 0.0264. The van der Waals surface area contributed by atoms with E-state index in [2.05, 4.69) is 4.72 Å². The number of hydrogen-bond donors (Lipinski definition) is 1. The first-order valence-electron chi connectivity index (χ1n) is 8.47. The molecule has 2 aromatic carbocycles. The Labute approximate surface area is 159 Å². The standard InChI is InChI=1S/C20H23NO5S/c1-16-8-10-19(11-9-16)25-13-14-26-20(22)17(2)21-27(23,24)15-12-18-6-4-3-5-7-18/h3-12,15,17,21H,13-14H2,1-2H3/b15-12+/t17-/m0/s1. The van der Waals surface area contributed by atoms with Crippen LogP contribution in [0, 0.1) is 6.92 Å². The highest BCUT2D eigenvalue weighted by atomic mass is 32.2. The lowest BCUT2D eigenvalue weighted by molar-refractivity contribution is -0.145. The third-order valence-corrected chi connectivity index (χ3v) is 4.73. The average Bonchev–Trinajstić information content (AvgIpc) is 2.65. The highest BCUT2D eigenvalue weighted by Crippen LogP contribution is 2.11. The molecule has 0 radical (unpaired) electrons. The smallest absolute Gasteiger partial charge is 0.324 e. The monoisotopic (exact) mass is 389 g/mol. The van der Waals surface area contributed by atoms with E-state index in [9.17, 15) is 13.2 Å². The van der Waals surface area contributed by atoms with Gasteiger partial charge in [0, 0.05) is 5.41 Å². The molecule has 0 aliphatic carbocycles. The summed E-state index contributed by atoms with van der Waals surface area (Å²) in [6.45, 7) is 3.61. The maximum absolute atomic E-state index is 12.0. The van der Waals surface area contributed by atoms with Gasteiger partial charge in [0.1, 0.15) is 25.0 Å². The molecule has 0 unspecified atom stereocenters. The number of rotatable bonds is 9. The number of carbonyl (C=O) groups is 1. The summed E-state index contributed by atoms with van der Waals surface area (Å²) in [5.74, 6) is 0.00985. The molecular formula is C20H23NO5S. The molecule has 2 aromatic rings. The summed E-state index contributed by atoms with van der Waals surface area (Å²) in [4.78, 5) is 11.9. The molecule has 0 bridgehead atoms. The molecule has 0 aliphatic heterocycles. The van der Waals surface area contributed by atoms with E-state index in [4.69, 9.17) is 9.47 Å². The number of esters is 1. The number of benzene rings is 2. The maximum atomic E-state index is 12.0. The van der Waals surface area contributed by atoms with Gasteiger partial charge in [-0.15, -0.1) is 0 Å². The van der Waals surface area contributed by atoms with Gasteiger partial charge >= 0.3 is 5.97 Å². The van der Waals surface area contributed by atoms with Crippen molar-refractivity contribution in [2.45, 2.75) is 19.9 Å². The molecule has 27 heavy (non-hydrogen) atoms. The van der Waals surface area contributed by atoms with Crippen LogP contribution in [-0.2, 0) is 19.6 Å². The number of ether oxygens (including phenoxy) is 2. The Morgan fingerprint density at radius 3 is 2.41 bits per heavy atom. The summed E-state index contributed by atoms with van der Waals surface area (Å²) in [7, 11) is -3.76. The van der Waals surface area contributed by atoms with Crippen molar-refractivity contribution >= 4 is 22.1 Å². The van der Waals surface area contributed by atoms with Gasteiger partial charge in [0.25, 0.3) is 0 Å². The van der Waals surface area contributed by atoms with Crippen LogP contribution in [0.4, 0.5) is 0 Å². The molecule has 7 heteroatoms. The number of nitrogens with one attached hydrogen (secondary N) is 1. The molecule has 0 heterocycles. The maximum Gasteiger partial charge on any atom is 0.324 e. The Kier molecular flexibility index (Phi) is 7.57. The zero-order chi connectivity index (χ0) is 19.7. The zero-order valence-corrected chi connectivity index (χ0v) is 16.1. The van der Waals surface area contributed by atoms with Crippen LogP contribution in [-0.4, -0.2) is 33.6 Å². The summed E-state index contributed by atoms with van der Waals surface area (Å²) in [5, 5.41) is 1.02. The predicted octanol–water partition coefficient (Wildman–Crippen LogP) is 2.90. The van der Waals surface area contributed by atoms with Crippen LogP contribution < -0.4 is 9.46 Å². The fraction of sp³-hybridized carbons (Fsp3) is 0.250. The topological polar surface area (TPSA) is 81.7 Å². The molecule has 0 aromatic heterocycles. The highest BCUT2D eigenvalue weighted by Gasteiger charge is 2.19. The lowest BCUT2D eigenvalue weighted by Crippen LogP contribution is -2.39. The average molecular weight is 389 g/mol. The molecule has 0 fully saturated rings. The van der Waals surface area contributed by atoms with Crippen molar-refractivity contribution in [1.29, 1.82) is 0 Å². The molecule has 0 amide bonds. The van der Waals surface area contributed by atoms with Crippen molar-refractivity contribution in [3.05, 3.63) is 71.1 Å². The van der Waals surface area contributed by atoms with Crippen LogP contribution in [0.5, 0.6) is 5.75 Å². The molecule has 1 N–H and O–H groups in total. The Balaban J connectivity index is 1.75. The van der Waals surface area contributed by atoms with Crippen LogP contribution in [0.3, 0.4) is 0 Å². The lowest BCUT2D eigenvalue weighted by atomic mass is 10.2. The number of aryl methyl sites for hydroxylation is 1. The first-order chi connectivity index (χ1) is 12.9. The molecule has 0 aliphatic rings. The van der Waals surface area contributed by atoms with E-state index in [1.54, 1.807) is 24.3 Å². The van der Waals surface area contributed by atoms with E-state index in [1.165, 1.54) is 13.0 Å². The van der Waals surface area contributed by atoms with E-state index in [-0.39, 0.29) is 13.2 Å². The van der Waals surface area contributed by atoms with Gasteiger partial charge < -0.3 is 9.47 Å². The van der Waals surface area contributed by atoms with Gasteiger partial charge in [-0.2, -0.15) is 4.72 Å². The van der Waals surface area contributed by atoms with E-state index < -0.39 is 22.0 Å².